The van der Waals surface area contributed by atoms with Gasteiger partial charge in [0.15, 0.2) is 5.96 Å². The van der Waals surface area contributed by atoms with Gasteiger partial charge in [0, 0.05) is 25.1 Å². The lowest BCUT2D eigenvalue weighted by molar-refractivity contribution is -0.173. The first-order chi connectivity index (χ1) is 9.51. The molecule has 4 nitrogen and oxygen atoms in total. The van der Waals surface area contributed by atoms with Crippen molar-refractivity contribution < 1.29 is 17.9 Å². The number of aliphatic imine (C=N–C) groups is 1. The zero-order valence-corrected chi connectivity index (χ0v) is 14.7. The van der Waals surface area contributed by atoms with Crippen LogP contribution in [0.3, 0.4) is 0 Å². The van der Waals surface area contributed by atoms with Gasteiger partial charge in [-0.1, -0.05) is 6.07 Å². The Morgan fingerprint density at radius 2 is 2.14 bits per heavy atom. The zero-order chi connectivity index (χ0) is 14.8. The minimum atomic E-state index is -4.26. The highest BCUT2D eigenvalue weighted by molar-refractivity contribution is 14.0. The van der Waals surface area contributed by atoms with Crippen LogP contribution in [0.5, 0.6) is 0 Å². The quantitative estimate of drug-likeness (QED) is 0.299. The molecule has 21 heavy (non-hydrogen) atoms. The first-order valence-electron chi connectivity index (χ1n) is 6.12. The molecule has 0 unspecified atom stereocenters. The lowest BCUT2D eigenvalue weighted by Gasteiger charge is -2.11. The van der Waals surface area contributed by atoms with E-state index < -0.39 is 12.8 Å². The molecule has 0 aliphatic carbocycles. The summed E-state index contributed by atoms with van der Waals surface area (Å²) in [5, 5.41) is 8.12. The van der Waals surface area contributed by atoms with Crippen molar-refractivity contribution in [3.63, 3.8) is 0 Å². The minimum absolute atomic E-state index is 0. The van der Waals surface area contributed by atoms with E-state index in [9.17, 15) is 13.2 Å². The summed E-state index contributed by atoms with van der Waals surface area (Å²) >= 11 is 1.64. The van der Waals surface area contributed by atoms with E-state index in [4.69, 9.17) is 0 Å². The predicted molar refractivity (Wildman–Crippen MR) is 89.4 cm³/mol. The molecule has 0 aliphatic heterocycles. The molecule has 0 spiro atoms. The van der Waals surface area contributed by atoms with E-state index in [2.05, 4.69) is 20.4 Å². The smallest absolute Gasteiger partial charge is 0.372 e. The van der Waals surface area contributed by atoms with Crippen LogP contribution in [0.2, 0.25) is 0 Å². The number of halogens is 4. The Labute approximate surface area is 143 Å². The van der Waals surface area contributed by atoms with E-state index in [0.717, 1.165) is 0 Å². The third-order valence-electron chi connectivity index (χ3n) is 2.26. The van der Waals surface area contributed by atoms with Crippen molar-refractivity contribution in [2.45, 2.75) is 19.1 Å². The normalized spacial score (nSPS) is 11.9. The molecular formula is C12H19F3IN3OS. The van der Waals surface area contributed by atoms with E-state index >= 15 is 0 Å². The largest absolute Gasteiger partial charge is 0.411 e. The highest BCUT2D eigenvalue weighted by Crippen LogP contribution is 2.14. The lowest BCUT2D eigenvalue weighted by Crippen LogP contribution is -2.37. The Bertz CT molecular complexity index is 399. The monoisotopic (exact) mass is 437 g/mol. The fourth-order valence-electron chi connectivity index (χ4n) is 1.37. The molecule has 0 fully saturated rings. The second kappa shape index (κ2) is 11.1. The molecule has 2 N–H and O–H groups in total. The van der Waals surface area contributed by atoms with Crippen LogP contribution in [-0.2, 0) is 11.3 Å². The van der Waals surface area contributed by atoms with Crippen LogP contribution in [0.25, 0.3) is 0 Å². The number of hydrogen-bond acceptors (Lipinski definition) is 3. The van der Waals surface area contributed by atoms with E-state index in [-0.39, 0.29) is 30.6 Å². The van der Waals surface area contributed by atoms with Gasteiger partial charge in [-0.2, -0.15) is 13.2 Å². The Hall–Kier alpha value is -0.550. The van der Waals surface area contributed by atoms with Crippen LogP contribution < -0.4 is 10.6 Å². The first kappa shape index (κ1) is 20.5. The van der Waals surface area contributed by atoms with Crippen molar-refractivity contribution in [3.8, 4) is 0 Å². The molecule has 0 radical (unpaired) electrons. The van der Waals surface area contributed by atoms with Crippen LogP contribution in [0, 0.1) is 0 Å². The van der Waals surface area contributed by atoms with Gasteiger partial charge in [-0.25, -0.2) is 0 Å². The molecule has 1 heterocycles. The van der Waals surface area contributed by atoms with Crippen molar-refractivity contribution in [1.29, 1.82) is 0 Å². The SMILES string of the molecule is CN=C(NCCCOCC(F)(F)F)NCc1cccs1.I. The maximum Gasteiger partial charge on any atom is 0.411 e. The first-order valence-corrected chi connectivity index (χ1v) is 7.00. The van der Waals surface area contributed by atoms with Crippen LogP contribution in [0.1, 0.15) is 11.3 Å². The molecule has 1 aromatic heterocycles. The summed E-state index contributed by atoms with van der Waals surface area (Å²) in [6.07, 6.45) is -3.78. The summed E-state index contributed by atoms with van der Waals surface area (Å²) in [6.45, 7) is 0.0384. The molecule has 0 aromatic carbocycles. The number of hydrogen-bond donors (Lipinski definition) is 2. The second-order valence-electron chi connectivity index (χ2n) is 3.95. The Kier molecular flexibility index (Phi) is 10.8. The van der Waals surface area contributed by atoms with Crippen LogP contribution in [0.15, 0.2) is 22.5 Å². The van der Waals surface area contributed by atoms with Crippen molar-refractivity contribution in [3.05, 3.63) is 22.4 Å². The van der Waals surface area contributed by atoms with Gasteiger partial charge in [0.2, 0.25) is 0 Å². The van der Waals surface area contributed by atoms with Gasteiger partial charge in [-0.3, -0.25) is 4.99 Å². The number of nitrogens with zero attached hydrogens (tertiary/aromatic N) is 1. The van der Waals surface area contributed by atoms with E-state index in [1.54, 1.807) is 18.4 Å². The van der Waals surface area contributed by atoms with Crippen LogP contribution in [-0.4, -0.2) is 38.9 Å². The molecule has 1 rings (SSSR count). The average molecular weight is 437 g/mol. The molecular weight excluding hydrogens is 418 g/mol. The number of alkyl halides is 3. The average Bonchev–Trinajstić information content (AvgIpc) is 2.89. The van der Waals surface area contributed by atoms with E-state index in [1.807, 2.05) is 17.5 Å². The number of thiophene rings is 1. The Morgan fingerprint density at radius 1 is 1.38 bits per heavy atom. The Balaban J connectivity index is 0.00000400. The van der Waals surface area contributed by atoms with Crippen molar-refractivity contribution in [2.75, 3.05) is 26.8 Å². The minimum Gasteiger partial charge on any atom is -0.372 e. The Morgan fingerprint density at radius 3 is 2.71 bits per heavy atom. The highest BCUT2D eigenvalue weighted by Gasteiger charge is 2.27. The van der Waals surface area contributed by atoms with Gasteiger partial charge in [0.1, 0.15) is 6.61 Å². The molecule has 0 amide bonds. The van der Waals surface area contributed by atoms with Gasteiger partial charge in [0.25, 0.3) is 0 Å². The van der Waals surface area contributed by atoms with Gasteiger partial charge in [-0.15, -0.1) is 35.3 Å². The fourth-order valence-corrected chi connectivity index (χ4v) is 2.02. The summed E-state index contributed by atoms with van der Waals surface area (Å²) in [6, 6.07) is 3.98. The predicted octanol–water partition coefficient (Wildman–Crippen LogP) is 3.00. The summed E-state index contributed by atoms with van der Waals surface area (Å²) in [5.74, 6) is 0.620. The maximum atomic E-state index is 11.8. The summed E-state index contributed by atoms with van der Waals surface area (Å²) < 4.78 is 40.0. The standard InChI is InChI=1S/C12H18F3N3OS.HI/c1-16-11(18-8-10-4-2-7-20-10)17-5-3-6-19-9-12(13,14)15;/h2,4,7H,3,5-6,8-9H2,1H3,(H2,16,17,18);1H. The molecule has 0 bridgehead atoms. The van der Waals surface area contributed by atoms with Crippen LogP contribution >= 0.6 is 35.3 Å². The van der Waals surface area contributed by atoms with Gasteiger partial charge >= 0.3 is 6.18 Å². The summed E-state index contributed by atoms with van der Waals surface area (Å²) in [7, 11) is 1.64. The second-order valence-corrected chi connectivity index (χ2v) is 4.99. The van der Waals surface area contributed by atoms with Crippen molar-refractivity contribution >= 4 is 41.3 Å². The third kappa shape index (κ3) is 10.8. The third-order valence-corrected chi connectivity index (χ3v) is 3.13. The molecule has 0 aliphatic rings. The van der Waals surface area contributed by atoms with Crippen molar-refractivity contribution in [2.24, 2.45) is 4.99 Å². The summed E-state index contributed by atoms with van der Waals surface area (Å²) in [4.78, 5) is 5.20. The number of nitrogens with one attached hydrogen (secondary N) is 2. The van der Waals surface area contributed by atoms with E-state index in [0.29, 0.717) is 25.5 Å². The van der Waals surface area contributed by atoms with Crippen molar-refractivity contribution in [1.82, 2.24) is 10.6 Å². The molecule has 0 saturated carbocycles. The summed E-state index contributed by atoms with van der Waals surface area (Å²) in [5.41, 5.74) is 0. The van der Waals surface area contributed by atoms with E-state index in [1.165, 1.54) is 4.88 Å². The maximum absolute atomic E-state index is 11.8. The molecule has 122 valence electrons. The number of ether oxygens (including phenoxy) is 1. The molecule has 1 aromatic rings. The van der Waals surface area contributed by atoms with Gasteiger partial charge in [-0.05, 0) is 17.9 Å². The van der Waals surface area contributed by atoms with Gasteiger partial charge < -0.3 is 15.4 Å². The van der Waals surface area contributed by atoms with Crippen LogP contribution in [0.4, 0.5) is 13.2 Å². The molecule has 9 heteroatoms. The lowest BCUT2D eigenvalue weighted by atomic mass is 10.4. The fraction of sp³-hybridized carbons (Fsp3) is 0.583. The van der Waals surface area contributed by atoms with Gasteiger partial charge in [0.05, 0.1) is 6.54 Å². The number of guanidine groups is 1. The topological polar surface area (TPSA) is 45.7 Å². The highest BCUT2D eigenvalue weighted by atomic mass is 127. The molecule has 0 atom stereocenters. The zero-order valence-electron chi connectivity index (χ0n) is 11.6. The molecule has 0 saturated heterocycles. The number of rotatable bonds is 7.